The third kappa shape index (κ3) is 7.53. The van der Waals surface area contributed by atoms with Gasteiger partial charge in [-0.3, -0.25) is 9.89 Å². The highest BCUT2D eigenvalue weighted by Gasteiger charge is 2.49. The Morgan fingerprint density at radius 3 is 2.37 bits per heavy atom. The van der Waals surface area contributed by atoms with E-state index in [1.165, 1.54) is 6.26 Å². The molecule has 2 unspecified atom stereocenters. The van der Waals surface area contributed by atoms with Crippen LogP contribution in [0.4, 0.5) is 4.79 Å². The van der Waals surface area contributed by atoms with E-state index in [1.807, 2.05) is 41.5 Å². The summed E-state index contributed by atoms with van der Waals surface area (Å²) >= 11 is 0. The summed E-state index contributed by atoms with van der Waals surface area (Å²) in [6.07, 6.45) is 0.529. The van der Waals surface area contributed by atoms with Crippen LogP contribution in [0.25, 0.3) is 0 Å². The zero-order valence-corrected chi connectivity index (χ0v) is 18.4. The summed E-state index contributed by atoms with van der Waals surface area (Å²) in [6, 6.07) is -0.275. The third-order valence-corrected chi connectivity index (χ3v) is 4.93. The number of aliphatic imine (C=N–C) groups is 1. The number of sulfone groups is 1. The molecule has 0 aromatic heterocycles. The van der Waals surface area contributed by atoms with Crippen molar-refractivity contribution in [2.45, 2.75) is 65.0 Å². The van der Waals surface area contributed by atoms with Crippen LogP contribution in [0.2, 0.25) is 0 Å². The fourth-order valence-corrected chi connectivity index (χ4v) is 3.37. The first-order valence-electron chi connectivity index (χ1n) is 8.98. The van der Waals surface area contributed by atoms with Crippen LogP contribution in [-0.4, -0.2) is 81.0 Å². The summed E-state index contributed by atoms with van der Waals surface area (Å²) < 4.78 is 34.0. The second kappa shape index (κ2) is 8.64. The molecule has 0 saturated carbocycles. The Labute approximate surface area is 162 Å². The maximum absolute atomic E-state index is 12.7. The van der Waals surface area contributed by atoms with Gasteiger partial charge >= 0.3 is 6.09 Å². The van der Waals surface area contributed by atoms with E-state index in [9.17, 15) is 13.2 Å². The van der Waals surface area contributed by atoms with E-state index in [-0.39, 0.29) is 24.4 Å². The molecular weight excluding hydrogens is 372 g/mol. The van der Waals surface area contributed by atoms with Crippen LogP contribution in [0.15, 0.2) is 4.99 Å². The molecule has 2 N–H and O–H groups in total. The van der Waals surface area contributed by atoms with Crippen molar-refractivity contribution in [3.63, 3.8) is 0 Å². The number of nitrogens with one attached hydrogen (secondary N) is 2. The lowest BCUT2D eigenvalue weighted by atomic mass is 10.1. The van der Waals surface area contributed by atoms with Crippen molar-refractivity contribution in [1.82, 2.24) is 15.5 Å². The summed E-state index contributed by atoms with van der Waals surface area (Å²) in [5, 5.41) is 6.08. The maximum Gasteiger partial charge on any atom is 0.412 e. The van der Waals surface area contributed by atoms with Gasteiger partial charge in [0.1, 0.15) is 21.2 Å². The predicted molar refractivity (Wildman–Crippen MR) is 106 cm³/mol. The molecule has 27 heavy (non-hydrogen) atoms. The Morgan fingerprint density at radius 2 is 1.89 bits per heavy atom. The zero-order chi connectivity index (χ0) is 21.0. The van der Waals surface area contributed by atoms with Gasteiger partial charge in [0, 0.05) is 26.4 Å². The van der Waals surface area contributed by atoms with Crippen molar-refractivity contribution >= 4 is 21.9 Å². The molecule has 1 aliphatic rings. The number of hydrogen-bond acceptors (Lipinski definition) is 6. The van der Waals surface area contributed by atoms with Crippen LogP contribution >= 0.6 is 0 Å². The monoisotopic (exact) mass is 406 g/mol. The molecule has 0 radical (unpaired) electrons. The van der Waals surface area contributed by atoms with Crippen molar-refractivity contribution in [3.8, 4) is 0 Å². The van der Waals surface area contributed by atoms with Crippen LogP contribution in [0.3, 0.4) is 0 Å². The Balaban J connectivity index is 2.78. The Hall–Kier alpha value is -1.55. The van der Waals surface area contributed by atoms with E-state index in [0.717, 1.165) is 0 Å². The smallest absolute Gasteiger partial charge is 0.412 e. The van der Waals surface area contributed by atoms with Gasteiger partial charge in [-0.25, -0.2) is 13.2 Å². The van der Waals surface area contributed by atoms with Gasteiger partial charge in [-0.05, 0) is 41.5 Å². The van der Waals surface area contributed by atoms with Gasteiger partial charge in [0.25, 0.3) is 0 Å². The number of carbonyl (C=O) groups is 1. The van der Waals surface area contributed by atoms with Gasteiger partial charge in [-0.15, -0.1) is 0 Å². The normalized spacial score (nSPS) is 23.3. The summed E-state index contributed by atoms with van der Waals surface area (Å²) in [5.74, 6) is 0.466. The zero-order valence-electron chi connectivity index (χ0n) is 17.6. The average molecular weight is 407 g/mol. The molecule has 1 heterocycles. The molecule has 0 bridgehead atoms. The highest BCUT2D eigenvalue weighted by Crippen LogP contribution is 2.33. The summed E-state index contributed by atoms with van der Waals surface area (Å²) in [7, 11) is -1.46. The van der Waals surface area contributed by atoms with Crippen molar-refractivity contribution in [3.05, 3.63) is 0 Å². The predicted octanol–water partition coefficient (Wildman–Crippen LogP) is 0.957. The van der Waals surface area contributed by atoms with E-state index in [2.05, 4.69) is 15.6 Å². The van der Waals surface area contributed by atoms with Crippen LogP contribution in [-0.2, 0) is 19.3 Å². The third-order valence-electron chi connectivity index (χ3n) is 3.99. The largest absolute Gasteiger partial charge is 0.444 e. The molecule has 0 aromatic rings. The quantitative estimate of drug-likeness (QED) is 0.517. The second-order valence-electron chi connectivity index (χ2n) is 8.20. The summed E-state index contributed by atoms with van der Waals surface area (Å²) in [6.45, 7) is 11.6. The molecule has 1 fully saturated rings. The lowest BCUT2D eigenvalue weighted by Crippen LogP contribution is -2.54. The molecule has 158 valence electrons. The van der Waals surface area contributed by atoms with Gasteiger partial charge in [-0.1, -0.05) is 0 Å². The molecule has 2 atom stereocenters. The van der Waals surface area contributed by atoms with Crippen LogP contribution in [0.5, 0.6) is 0 Å². The minimum Gasteiger partial charge on any atom is -0.444 e. The van der Waals surface area contributed by atoms with E-state index in [0.29, 0.717) is 12.5 Å². The number of nitrogens with zero attached hydrogens (tertiary/aromatic N) is 2. The minimum atomic E-state index is -3.05. The number of ether oxygens (including phenoxy) is 2. The molecule has 0 aliphatic carbocycles. The Kier molecular flexibility index (Phi) is 7.52. The van der Waals surface area contributed by atoms with E-state index < -0.39 is 27.3 Å². The maximum atomic E-state index is 12.7. The van der Waals surface area contributed by atoms with Gasteiger partial charge in [0.05, 0.1) is 17.9 Å². The molecule has 1 rings (SSSR count). The van der Waals surface area contributed by atoms with Gasteiger partial charge < -0.3 is 20.1 Å². The molecule has 1 aliphatic heterocycles. The number of rotatable bonds is 5. The first kappa shape index (κ1) is 23.5. The SMILES string of the molecule is CN=C(NCCS(C)(=O)=O)NCC1C(C)OC(C)(C)N1C(=O)OC(C)(C)C. The first-order valence-corrected chi connectivity index (χ1v) is 11.0. The molecule has 1 amide bonds. The molecule has 10 heteroatoms. The summed E-state index contributed by atoms with van der Waals surface area (Å²) in [5.41, 5.74) is -1.42. The Bertz CT molecular complexity index is 655. The topological polar surface area (TPSA) is 109 Å². The molecule has 1 saturated heterocycles. The first-order chi connectivity index (χ1) is 12.2. The van der Waals surface area contributed by atoms with Crippen molar-refractivity contribution in [2.75, 3.05) is 32.1 Å². The minimum absolute atomic E-state index is 0.00765. The van der Waals surface area contributed by atoms with E-state index >= 15 is 0 Å². The van der Waals surface area contributed by atoms with Crippen molar-refractivity contribution < 1.29 is 22.7 Å². The highest BCUT2D eigenvalue weighted by atomic mass is 32.2. The molecular formula is C17H34N4O5S. The Morgan fingerprint density at radius 1 is 1.30 bits per heavy atom. The van der Waals surface area contributed by atoms with E-state index in [1.54, 1.807) is 11.9 Å². The van der Waals surface area contributed by atoms with Crippen LogP contribution < -0.4 is 10.6 Å². The van der Waals surface area contributed by atoms with Gasteiger partial charge in [0.15, 0.2) is 5.96 Å². The fourth-order valence-electron chi connectivity index (χ4n) is 2.90. The number of carbonyl (C=O) groups excluding carboxylic acids is 1. The number of guanidine groups is 1. The molecule has 0 spiro atoms. The number of amides is 1. The van der Waals surface area contributed by atoms with Crippen LogP contribution in [0, 0.1) is 0 Å². The molecule has 9 nitrogen and oxygen atoms in total. The van der Waals surface area contributed by atoms with Crippen molar-refractivity contribution in [1.29, 1.82) is 0 Å². The van der Waals surface area contributed by atoms with Gasteiger partial charge in [-0.2, -0.15) is 0 Å². The number of hydrogen-bond donors (Lipinski definition) is 2. The van der Waals surface area contributed by atoms with E-state index in [4.69, 9.17) is 9.47 Å². The fraction of sp³-hybridized carbons (Fsp3) is 0.882. The van der Waals surface area contributed by atoms with Crippen molar-refractivity contribution in [2.24, 2.45) is 4.99 Å². The summed E-state index contributed by atoms with van der Waals surface area (Å²) in [4.78, 5) is 18.4. The lowest BCUT2D eigenvalue weighted by Gasteiger charge is -2.35. The van der Waals surface area contributed by atoms with Crippen LogP contribution in [0.1, 0.15) is 41.5 Å². The second-order valence-corrected chi connectivity index (χ2v) is 10.5. The molecule has 0 aromatic carbocycles. The van der Waals surface area contributed by atoms with Gasteiger partial charge in [0.2, 0.25) is 0 Å². The average Bonchev–Trinajstić information content (AvgIpc) is 2.68. The lowest BCUT2D eigenvalue weighted by molar-refractivity contribution is -0.0755. The highest BCUT2D eigenvalue weighted by molar-refractivity contribution is 7.90. The standard InChI is InChI=1S/C17H34N4O5S/c1-12-13(11-20-14(18-7)19-9-10-27(8,23)24)21(17(5,6)25-12)15(22)26-16(2,3)4/h12-13H,9-11H2,1-8H3,(H2,18,19,20).